The lowest BCUT2D eigenvalue weighted by molar-refractivity contribution is 0.464. The lowest BCUT2D eigenvalue weighted by Crippen LogP contribution is -2.28. The zero-order valence-electron chi connectivity index (χ0n) is 12.9. The van der Waals surface area contributed by atoms with Gasteiger partial charge in [0, 0.05) is 44.1 Å². The van der Waals surface area contributed by atoms with Gasteiger partial charge in [0.2, 0.25) is 10.0 Å². The van der Waals surface area contributed by atoms with Crippen molar-refractivity contribution in [3.05, 3.63) is 18.0 Å². The lowest BCUT2D eigenvalue weighted by atomic mass is 10.4. The van der Waals surface area contributed by atoms with Crippen molar-refractivity contribution in [1.82, 2.24) is 14.2 Å². The van der Waals surface area contributed by atoms with Crippen LogP contribution in [-0.2, 0) is 23.1 Å². The van der Waals surface area contributed by atoms with Crippen LogP contribution >= 0.6 is 0 Å². The minimum Gasteiger partial charge on any atom is -0.349 e. The van der Waals surface area contributed by atoms with Crippen LogP contribution in [0, 0.1) is 0 Å². The van der Waals surface area contributed by atoms with Crippen LogP contribution in [0.15, 0.2) is 17.2 Å². The highest BCUT2D eigenvalue weighted by Gasteiger charge is 2.35. The fourth-order valence-corrected chi connectivity index (χ4v) is 4.08. The smallest absolute Gasteiger partial charge is 0.244 e. The Bertz CT molecular complexity index is 600. The van der Waals surface area contributed by atoms with Crippen LogP contribution in [0.2, 0.25) is 0 Å². The number of rotatable bonds is 8. The molecule has 0 amide bonds. The molecule has 0 saturated heterocycles. The highest BCUT2D eigenvalue weighted by Crippen LogP contribution is 2.31. The van der Waals surface area contributed by atoms with E-state index in [2.05, 4.69) is 16.8 Å². The molecule has 1 aromatic heterocycles. The van der Waals surface area contributed by atoms with Crippen molar-refractivity contribution < 1.29 is 8.42 Å². The molecule has 5 nitrogen and oxygen atoms in total. The third-order valence-corrected chi connectivity index (χ3v) is 6.19. The second-order valence-corrected chi connectivity index (χ2v) is 8.27. The van der Waals surface area contributed by atoms with Crippen molar-refractivity contribution in [2.75, 3.05) is 7.05 Å². The summed E-state index contributed by atoms with van der Waals surface area (Å²) in [6, 6.07) is 2.68. The number of nitrogens with zero attached hydrogens (tertiary/aromatic N) is 2. The second-order valence-electron chi connectivity index (χ2n) is 6.27. The maximum atomic E-state index is 12.6. The molecule has 0 radical (unpaired) electrons. The largest absolute Gasteiger partial charge is 0.349 e. The van der Waals surface area contributed by atoms with E-state index in [1.165, 1.54) is 17.1 Å². The van der Waals surface area contributed by atoms with Gasteiger partial charge in [0.15, 0.2) is 0 Å². The molecule has 2 aliphatic rings. The Labute approximate surface area is 127 Å². The van der Waals surface area contributed by atoms with Crippen molar-refractivity contribution in [2.45, 2.75) is 69.1 Å². The predicted octanol–water partition coefficient (Wildman–Crippen LogP) is 1.93. The molecule has 2 aliphatic carbocycles. The second kappa shape index (κ2) is 5.74. The third-order valence-electron chi connectivity index (χ3n) is 4.31. The van der Waals surface area contributed by atoms with E-state index in [0.29, 0.717) is 10.9 Å². The number of aryl methyl sites for hydroxylation is 1. The van der Waals surface area contributed by atoms with Crippen LogP contribution in [0.4, 0.5) is 0 Å². The number of hydrogen-bond donors (Lipinski definition) is 1. The molecule has 1 N–H and O–H groups in total. The van der Waals surface area contributed by atoms with Gasteiger partial charge < -0.3 is 9.88 Å². The number of hydrogen-bond acceptors (Lipinski definition) is 3. The average molecular weight is 311 g/mol. The van der Waals surface area contributed by atoms with E-state index in [1.807, 2.05) is 12.3 Å². The molecule has 3 rings (SSSR count). The zero-order valence-corrected chi connectivity index (χ0v) is 13.7. The van der Waals surface area contributed by atoms with Crippen LogP contribution < -0.4 is 5.32 Å². The zero-order chi connectivity index (χ0) is 15.0. The molecule has 1 aromatic rings. The van der Waals surface area contributed by atoms with Gasteiger partial charge in [-0.3, -0.25) is 0 Å². The van der Waals surface area contributed by atoms with Crippen molar-refractivity contribution in [3.63, 3.8) is 0 Å². The van der Waals surface area contributed by atoms with Crippen LogP contribution in [0.5, 0.6) is 0 Å². The van der Waals surface area contributed by atoms with Crippen molar-refractivity contribution >= 4 is 10.0 Å². The van der Waals surface area contributed by atoms with E-state index >= 15 is 0 Å². The minimum absolute atomic E-state index is 0.206. The Kier molecular flexibility index (Phi) is 4.12. The van der Waals surface area contributed by atoms with Crippen molar-refractivity contribution in [2.24, 2.45) is 0 Å². The molecule has 1 heterocycles. The Morgan fingerprint density at radius 3 is 2.62 bits per heavy atom. The van der Waals surface area contributed by atoms with Gasteiger partial charge in [-0.25, -0.2) is 8.42 Å². The quantitative estimate of drug-likeness (QED) is 0.798. The molecule has 0 spiro atoms. The molecule has 2 saturated carbocycles. The summed E-state index contributed by atoms with van der Waals surface area (Å²) >= 11 is 0. The topological polar surface area (TPSA) is 54.3 Å². The highest BCUT2D eigenvalue weighted by atomic mass is 32.2. The van der Waals surface area contributed by atoms with Crippen molar-refractivity contribution in [1.29, 1.82) is 0 Å². The summed E-state index contributed by atoms with van der Waals surface area (Å²) < 4.78 is 28.9. The molecular weight excluding hydrogens is 286 g/mol. The fourth-order valence-electron chi connectivity index (χ4n) is 2.60. The van der Waals surface area contributed by atoms with Gasteiger partial charge in [0.25, 0.3) is 0 Å². The van der Waals surface area contributed by atoms with Gasteiger partial charge in [-0.05, 0) is 38.2 Å². The molecule has 118 valence electrons. The van der Waals surface area contributed by atoms with Crippen molar-refractivity contribution in [3.8, 4) is 0 Å². The van der Waals surface area contributed by atoms with Crippen LogP contribution in [0.3, 0.4) is 0 Å². The molecular formula is C15H25N3O2S. The van der Waals surface area contributed by atoms with Crippen LogP contribution in [0.25, 0.3) is 0 Å². The minimum atomic E-state index is -3.33. The predicted molar refractivity (Wildman–Crippen MR) is 82.6 cm³/mol. The first-order chi connectivity index (χ1) is 10.0. The van der Waals surface area contributed by atoms with E-state index < -0.39 is 10.0 Å². The van der Waals surface area contributed by atoms with Crippen LogP contribution in [-0.4, -0.2) is 36.4 Å². The number of nitrogens with one attached hydrogen (secondary N) is 1. The first-order valence-electron chi connectivity index (χ1n) is 7.93. The summed E-state index contributed by atoms with van der Waals surface area (Å²) in [6.45, 7) is 3.74. The third kappa shape index (κ3) is 3.33. The van der Waals surface area contributed by atoms with Crippen LogP contribution in [0.1, 0.15) is 44.7 Å². The molecule has 21 heavy (non-hydrogen) atoms. The van der Waals surface area contributed by atoms with Gasteiger partial charge in [0.1, 0.15) is 4.90 Å². The summed E-state index contributed by atoms with van der Waals surface area (Å²) in [5.41, 5.74) is 1.08. The van der Waals surface area contributed by atoms with E-state index in [9.17, 15) is 8.42 Å². The molecule has 0 bridgehead atoms. The first-order valence-corrected chi connectivity index (χ1v) is 9.37. The van der Waals surface area contributed by atoms with E-state index in [-0.39, 0.29) is 6.04 Å². The van der Waals surface area contributed by atoms with Gasteiger partial charge in [-0.15, -0.1) is 0 Å². The first kappa shape index (κ1) is 15.1. The Hall–Kier alpha value is -0.850. The van der Waals surface area contributed by atoms with E-state index in [1.54, 1.807) is 7.05 Å². The molecule has 0 unspecified atom stereocenters. The Morgan fingerprint density at radius 2 is 2.05 bits per heavy atom. The number of aromatic nitrogens is 1. The summed E-state index contributed by atoms with van der Waals surface area (Å²) in [5.74, 6) is 0. The van der Waals surface area contributed by atoms with Gasteiger partial charge >= 0.3 is 0 Å². The number of sulfonamides is 1. The Balaban J connectivity index is 1.81. The standard InChI is InChI=1S/C15H25N3O2S/c1-3-8-18-11-15(9-14(18)10-16-12-4-5-12)21(19,20)17(2)13-6-7-13/h9,11-13,16H,3-8,10H2,1-2H3. The SMILES string of the molecule is CCCn1cc(S(=O)(=O)N(C)C2CC2)cc1CNC1CC1. The molecule has 0 aromatic carbocycles. The molecule has 2 fully saturated rings. The van der Waals surface area contributed by atoms with E-state index in [0.717, 1.165) is 38.0 Å². The molecule has 6 heteroatoms. The lowest BCUT2D eigenvalue weighted by Gasteiger charge is -2.14. The molecule has 0 aliphatic heterocycles. The highest BCUT2D eigenvalue weighted by molar-refractivity contribution is 7.89. The monoisotopic (exact) mass is 311 g/mol. The Morgan fingerprint density at radius 1 is 1.33 bits per heavy atom. The maximum absolute atomic E-state index is 12.6. The summed E-state index contributed by atoms with van der Waals surface area (Å²) in [6.07, 6.45) is 7.27. The summed E-state index contributed by atoms with van der Waals surface area (Å²) in [4.78, 5) is 0.443. The average Bonchev–Trinajstić information content (AvgIpc) is 3.35. The normalized spacial score (nSPS) is 19.4. The fraction of sp³-hybridized carbons (Fsp3) is 0.733. The molecule has 0 atom stereocenters. The summed E-state index contributed by atoms with van der Waals surface area (Å²) in [7, 11) is -1.63. The van der Waals surface area contributed by atoms with Gasteiger partial charge in [-0.2, -0.15) is 4.31 Å². The van der Waals surface area contributed by atoms with Gasteiger partial charge in [-0.1, -0.05) is 6.92 Å². The summed E-state index contributed by atoms with van der Waals surface area (Å²) in [5, 5.41) is 3.47. The van der Waals surface area contributed by atoms with E-state index in [4.69, 9.17) is 0 Å². The maximum Gasteiger partial charge on any atom is 0.244 e. The van der Waals surface area contributed by atoms with Gasteiger partial charge in [0.05, 0.1) is 0 Å².